The molecule has 0 aliphatic carbocycles. The number of hydrogen-bond donors (Lipinski definition) is 3. The van der Waals surface area contributed by atoms with E-state index in [2.05, 4.69) is 5.32 Å². The number of aliphatic hydroxyl groups excluding tert-OH is 1. The number of halogens is 1. The van der Waals surface area contributed by atoms with Gasteiger partial charge in [0.2, 0.25) is 0 Å². The van der Waals surface area contributed by atoms with Crippen LogP contribution in [0.5, 0.6) is 0 Å². The topological polar surface area (TPSA) is 78.8 Å². The molecule has 3 aromatic rings. The number of benzene rings is 3. The van der Waals surface area contributed by atoms with Crippen LogP contribution in [-0.4, -0.2) is 41.0 Å². The summed E-state index contributed by atoms with van der Waals surface area (Å²) in [6, 6.07) is 19.9. The zero-order chi connectivity index (χ0) is 27.0. The van der Waals surface area contributed by atoms with Crippen molar-refractivity contribution in [3.05, 3.63) is 106 Å². The zero-order valence-corrected chi connectivity index (χ0v) is 21.9. The molecule has 0 fully saturated rings. The highest BCUT2D eigenvalue weighted by Crippen LogP contribution is 2.23. The summed E-state index contributed by atoms with van der Waals surface area (Å²) in [4.78, 5) is 11.0. The van der Waals surface area contributed by atoms with Crippen molar-refractivity contribution in [2.24, 2.45) is 0 Å². The molecule has 3 N–H and O–H groups in total. The molecule has 3 rings (SSSR count). The van der Waals surface area contributed by atoms with Gasteiger partial charge in [-0.3, -0.25) is 0 Å². The number of carbonyl (C=O) groups is 1. The highest BCUT2D eigenvalue weighted by Gasteiger charge is 2.20. The van der Waals surface area contributed by atoms with Gasteiger partial charge in [-0.15, -0.1) is 0 Å². The lowest BCUT2D eigenvalue weighted by molar-refractivity contribution is -0.00424. The molecule has 3 aromatic carbocycles. The summed E-state index contributed by atoms with van der Waals surface area (Å²) in [5.74, 6) is -1.16. The molecule has 0 saturated carbocycles. The first-order valence-electron chi connectivity index (χ1n) is 12.4. The maximum Gasteiger partial charge on any atom is 0.335 e. The number of aromatic carboxylic acids is 1. The van der Waals surface area contributed by atoms with Crippen LogP contribution < -0.4 is 5.32 Å². The van der Waals surface area contributed by atoms with Crippen LogP contribution in [0.15, 0.2) is 66.7 Å². The molecule has 0 amide bonds. The zero-order valence-electron chi connectivity index (χ0n) is 21.9. The lowest BCUT2D eigenvalue weighted by Gasteiger charge is -2.28. The number of nitrogens with one attached hydrogen (secondary N) is 1. The first-order valence-corrected chi connectivity index (χ1v) is 12.4. The molecule has 2 atom stereocenters. The predicted molar refractivity (Wildman–Crippen MR) is 146 cm³/mol. The Morgan fingerprint density at radius 1 is 1.08 bits per heavy atom. The fraction of sp³-hybridized carbons (Fsp3) is 0.323. The van der Waals surface area contributed by atoms with E-state index in [1.807, 2.05) is 63.3 Å². The molecule has 0 heterocycles. The lowest BCUT2D eigenvalue weighted by Crippen LogP contribution is -2.46. The molecule has 37 heavy (non-hydrogen) atoms. The van der Waals surface area contributed by atoms with Gasteiger partial charge < -0.3 is 20.3 Å². The average molecular weight is 506 g/mol. The number of ether oxygens (including phenoxy) is 1. The number of rotatable bonds is 12. The Kier molecular flexibility index (Phi) is 9.75. The monoisotopic (exact) mass is 505 g/mol. The van der Waals surface area contributed by atoms with Crippen molar-refractivity contribution in [2.45, 2.75) is 51.9 Å². The molecule has 0 saturated heterocycles. The largest absolute Gasteiger partial charge is 0.478 e. The van der Waals surface area contributed by atoms with Crippen LogP contribution in [0.4, 0.5) is 4.39 Å². The number of aliphatic hydroxyl groups is 1. The van der Waals surface area contributed by atoms with Crippen molar-refractivity contribution in [1.82, 2.24) is 5.32 Å². The summed E-state index contributed by atoms with van der Waals surface area (Å²) in [6.45, 7) is 8.26. The van der Waals surface area contributed by atoms with E-state index in [1.54, 1.807) is 43.3 Å². The molecule has 0 unspecified atom stereocenters. The molecular weight excluding hydrogens is 469 g/mol. The summed E-state index contributed by atoms with van der Waals surface area (Å²) in [7, 11) is 0. The van der Waals surface area contributed by atoms with Crippen molar-refractivity contribution in [2.75, 3.05) is 13.2 Å². The highest BCUT2D eigenvalue weighted by molar-refractivity contribution is 5.88. The van der Waals surface area contributed by atoms with Crippen LogP contribution in [0.2, 0.25) is 0 Å². The van der Waals surface area contributed by atoms with E-state index >= 15 is 0 Å². The first-order chi connectivity index (χ1) is 17.5. The van der Waals surface area contributed by atoms with E-state index in [9.17, 15) is 14.3 Å². The molecule has 0 bridgehead atoms. The number of aryl methyl sites for hydroxylation is 1. The van der Waals surface area contributed by atoms with Gasteiger partial charge in [-0.2, -0.15) is 0 Å². The van der Waals surface area contributed by atoms with Crippen LogP contribution in [-0.2, 0) is 11.2 Å². The summed E-state index contributed by atoms with van der Waals surface area (Å²) < 4.78 is 19.9. The molecule has 6 heteroatoms. The van der Waals surface area contributed by atoms with Crippen molar-refractivity contribution in [3.63, 3.8) is 0 Å². The van der Waals surface area contributed by atoms with Crippen LogP contribution in [0.3, 0.4) is 0 Å². The Morgan fingerprint density at radius 2 is 1.78 bits per heavy atom. The van der Waals surface area contributed by atoms with Gasteiger partial charge >= 0.3 is 5.97 Å². The van der Waals surface area contributed by atoms with E-state index in [1.165, 1.54) is 0 Å². The Bertz CT molecular complexity index is 1220. The van der Waals surface area contributed by atoms with E-state index < -0.39 is 12.1 Å². The quantitative estimate of drug-likeness (QED) is 0.261. The SMILES string of the molecule is Cc1ccc(CC(C)(C)NC[C@@H](O)CO[C@H](C)c2ccccc2/C=C/c2ccc(C(=O)O)cc2)cc1F. The first kappa shape index (κ1) is 28.3. The normalized spacial score (nSPS) is 13.6. The standard InChI is InChI=1S/C31H36FNO4/c1-21-9-10-24(17-29(21)32)18-31(3,4)33-19-27(34)20-37-22(2)28-8-6-5-7-25(28)14-11-23-12-15-26(16-13-23)30(35)36/h5-17,22,27,33-34H,18-20H2,1-4H3,(H,35,36)/b14-11+/t22-,27-/m1/s1. The van der Waals surface area contributed by atoms with Gasteiger partial charge in [0, 0.05) is 12.1 Å². The van der Waals surface area contributed by atoms with Gasteiger partial charge in [-0.1, -0.05) is 60.7 Å². The van der Waals surface area contributed by atoms with Gasteiger partial charge in [-0.25, -0.2) is 9.18 Å². The van der Waals surface area contributed by atoms with E-state index in [-0.39, 0.29) is 29.6 Å². The van der Waals surface area contributed by atoms with E-state index in [0.29, 0.717) is 18.5 Å². The van der Waals surface area contributed by atoms with E-state index in [0.717, 1.165) is 22.3 Å². The van der Waals surface area contributed by atoms with Crippen LogP contribution in [0, 0.1) is 12.7 Å². The molecule has 0 aromatic heterocycles. The van der Waals surface area contributed by atoms with Crippen LogP contribution in [0.1, 0.15) is 65.1 Å². The third-order valence-corrected chi connectivity index (χ3v) is 6.28. The van der Waals surface area contributed by atoms with Crippen molar-refractivity contribution >= 4 is 18.1 Å². The molecule has 5 nitrogen and oxygen atoms in total. The Labute approximate surface area is 218 Å². The summed E-state index contributed by atoms with van der Waals surface area (Å²) in [5.41, 5.74) is 4.32. The van der Waals surface area contributed by atoms with Gasteiger partial charge in [0.25, 0.3) is 0 Å². The number of hydrogen-bond acceptors (Lipinski definition) is 4. The summed E-state index contributed by atoms with van der Waals surface area (Å²) in [5, 5.41) is 23.0. The van der Waals surface area contributed by atoms with Gasteiger partial charge in [0.05, 0.1) is 24.4 Å². The molecule has 196 valence electrons. The summed E-state index contributed by atoms with van der Waals surface area (Å²) >= 11 is 0. The summed E-state index contributed by atoms with van der Waals surface area (Å²) in [6.07, 6.45) is 3.59. The van der Waals surface area contributed by atoms with Crippen LogP contribution in [0.25, 0.3) is 12.2 Å². The second-order valence-corrected chi connectivity index (χ2v) is 10.0. The third-order valence-electron chi connectivity index (χ3n) is 6.28. The van der Waals surface area contributed by atoms with Crippen molar-refractivity contribution in [1.29, 1.82) is 0 Å². The second kappa shape index (κ2) is 12.8. The number of carboxylic acid groups (broad SMARTS) is 1. The number of β-amino-alcohol motifs (C(OH)–C–C–N with tert-alkyl or cyclic N) is 1. The minimum Gasteiger partial charge on any atom is -0.478 e. The lowest BCUT2D eigenvalue weighted by atomic mass is 9.94. The Morgan fingerprint density at radius 3 is 2.46 bits per heavy atom. The third kappa shape index (κ3) is 8.64. The second-order valence-electron chi connectivity index (χ2n) is 10.0. The van der Waals surface area contributed by atoms with Crippen LogP contribution >= 0.6 is 0 Å². The number of carboxylic acids is 1. The minimum atomic E-state index is -0.950. The maximum absolute atomic E-state index is 13.9. The molecule has 0 spiro atoms. The van der Waals surface area contributed by atoms with Gasteiger partial charge in [0.1, 0.15) is 5.82 Å². The fourth-order valence-electron chi connectivity index (χ4n) is 4.07. The Hall–Kier alpha value is -3.32. The minimum absolute atomic E-state index is 0.165. The van der Waals surface area contributed by atoms with Gasteiger partial charge in [0.15, 0.2) is 0 Å². The molecule has 0 aliphatic heterocycles. The molecule has 0 aliphatic rings. The fourth-order valence-corrected chi connectivity index (χ4v) is 4.07. The molecule has 0 radical (unpaired) electrons. The smallest absolute Gasteiger partial charge is 0.335 e. The Balaban J connectivity index is 1.53. The molecular formula is C31H36FNO4. The highest BCUT2D eigenvalue weighted by atomic mass is 19.1. The van der Waals surface area contributed by atoms with E-state index in [4.69, 9.17) is 9.84 Å². The van der Waals surface area contributed by atoms with Crippen molar-refractivity contribution in [3.8, 4) is 0 Å². The van der Waals surface area contributed by atoms with Gasteiger partial charge in [-0.05, 0) is 80.1 Å². The van der Waals surface area contributed by atoms with Crippen molar-refractivity contribution < 1.29 is 24.1 Å². The predicted octanol–water partition coefficient (Wildman–Crippen LogP) is 6.05. The average Bonchev–Trinajstić information content (AvgIpc) is 2.87. The maximum atomic E-state index is 13.9.